The van der Waals surface area contributed by atoms with E-state index in [0.29, 0.717) is 37.5 Å². The van der Waals surface area contributed by atoms with Crippen molar-refractivity contribution in [2.24, 2.45) is 5.92 Å². The Balaban J connectivity index is 2.17. The highest BCUT2D eigenvalue weighted by molar-refractivity contribution is 7.92. The van der Waals surface area contributed by atoms with Gasteiger partial charge in [-0.2, -0.15) is 0 Å². The fraction of sp³-hybridized carbons (Fsp3) is 0.481. The molecule has 7 nitrogen and oxygen atoms in total. The van der Waals surface area contributed by atoms with Crippen molar-refractivity contribution < 1.29 is 18.0 Å². The van der Waals surface area contributed by atoms with E-state index in [1.54, 1.807) is 17.0 Å². The van der Waals surface area contributed by atoms with E-state index in [1.807, 2.05) is 70.2 Å². The van der Waals surface area contributed by atoms with Crippen molar-refractivity contribution in [1.29, 1.82) is 0 Å². The first-order valence-corrected chi connectivity index (χ1v) is 14.0. The zero-order chi connectivity index (χ0) is 26.0. The third-order valence-corrected chi connectivity index (χ3v) is 6.93. The van der Waals surface area contributed by atoms with E-state index in [0.717, 1.165) is 11.1 Å². The molecule has 0 fully saturated rings. The molecule has 0 unspecified atom stereocenters. The molecule has 2 rings (SSSR count). The molecule has 2 amide bonds. The molecule has 0 spiro atoms. The van der Waals surface area contributed by atoms with Crippen LogP contribution in [0.2, 0.25) is 0 Å². The first-order chi connectivity index (χ1) is 16.5. The third-order valence-electron chi connectivity index (χ3n) is 5.74. The van der Waals surface area contributed by atoms with Gasteiger partial charge in [-0.3, -0.25) is 13.9 Å². The van der Waals surface area contributed by atoms with E-state index in [2.05, 4.69) is 5.32 Å². The predicted octanol–water partition coefficient (Wildman–Crippen LogP) is 4.12. The molecule has 2 aromatic carbocycles. The van der Waals surface area contributed by atoms with Crippen molar-refractivity contribution in [2.75, 3.05) is 23.7 Å². The predicted molar refractivity (Wildman–Crippen MR) is 142 cm³/mol. The van der Waals surface area contributed by atoms with Crippen LogP contribution in [0, 0.1) is 12.8 Å². The quantitative estimate of drug-likeness (QED) is 0.447. The number of nitrogens with one attached hydrogen (secondary N) is 1. The van der Waals surface area contributed by atoms with E-state index >= 15 is 0 Å². The SMILES string of the molecule is CC[C@H](C(=O)NCC(C)C)N(Cc1ccccc1)C(=O)CCCN(c1ccc(C)cc1)S(C)(=O)=O. The molecular formula is C27H39N3O4S. The molecule has 0 heterocycles. The normalized spacial score (nSPS) is 12.3. The van der Waals surface area contributed by atoms with E-state index in [1.165, 1.54) is 10.6 Å². The number of anilines is 1. The molecule has 8 heteroatoms. The minimum absolute atomic E-state index is 0.138. The molecule has 0 aliphatic rings. The summed E-state index contributed by atoms with van der Waals surface area (Å²) in [6, 6.07) is 16.3. The number of sulfonamides is 1. The Morgan fingerprint density at radius 1 is 1.00 bits per heavy atom. The van der Waals surface area contributed by atoms with Gasteiger partial charge in [-0.25, -0.2) is 8.42 Å². The third kappa shape index (κ3) is 9.02. The van der Waals surface area contributed by atoms with Crippen molar-refractivity contribution in [1.82, 2.24) is 10.2 Å². The van der Waals surface area contributed by atoms with Crippen LogP contribution in [-0.2, 0) is 26.2 Å². The van der Waals surface area contributed by atoms with Crippen LogP contribution in [0.15, 0.2) is 54.6 Å². The Labute approximate surface area is 210 Å². The number of rotatable bonds is 13. The number of carbonyl (C=O) groups excluding carboxylic acids is 2. The average molecular weight is 502 g/mol. The smallest absolute Gasteiger partial charge is 0.242 e. The van der Waals surface area contributed by atoms with E-state index in [4.69, 9.17) is 0 Å². The molecule has 0 saturated carbocycles. The zero-order valence-corrected chi connectivity index (χ0v) is 22.3. The Morgan fingerprint density at radius 2 is 1.63 bits per heavy atom. The maximum atomic E-state index is 13.4. The Hall–Kier alpha value is -2.87. The number of hydrogen-bond donors (Lipinski definition) is 1. The van der Waals surface area contributed by atoms with Crippen LogP contribution in [0.4, 0.5) is 5.69 Å². The Bertz CT molecular complexity index is 1050. The second-order valence-electron chi connectivity index (χ2n) is 9.34. The van der Waals surface area contributed by atoms with Crippen LogP contribution in [0.25, 0.3) is 0 Å². The van der Waals surface area contributed by atoms with E-state index < -0.39 is 16.1 Å². The molecule has 192 valence electrons. The fourth-order valence-electron chi connectivity index (χ4n) is 3.84. The lowest BCUT2D eigenvalue weighted by Gasteiger charge is -2.31. The summed E-state index contributed by atoms with van der Waals surface area (Å²) in [6.07, 6.45) is 2.14. The highest BCUT2D eigenvalue weighted by Crippen LogP contribution is 2.20. The van der Waals surface area contributed by atoms with Gasteiger partial charge in [-0.05, 0) is 43.4 Å². The largest absolute Gasteiger partial charge is 0.354 e. The molecule has 0 radical (unpaired) electrons. The Morgan fingerprint density at radius 3 is 2.17 bits per heavy atom. The van der Waals surface area contributed by atoms with Gasteiger partial charge in [0, 0.05) is 26.1 Å². The minimum Gasteiger partial charge on any atom is -0.354 e. The number of nitrogens with zero attached hydrogens (tertiary/aromatic N) is 2. The summed E-state index contributed by atoms with van der Waals surface area (Å²) in [5, 5.41) is 2.95. The van der Waals surface area contributed by atoms with Crippen LogP contribution in [-0.4, -0.2) is 50.5 Å². The lowest BCUT2D eigenvalue weighted by Crippen LogP contribution is -2.49. The summed E-state index contributed by atoms with van der Waals surface area (Å²) in [7, 11) is -3.50. The van der Waals surface area contributed by atoms with Gasteiger partial charge in [0.15, 0.2) is 0 Å². The number of aryl methyl sites for hydroxylation is 1. The summed E-state index contributed by atoms with van der Waals surface area (Å²) < 4.78 is 26.2. The van der Waals surface area contributed by atoms with Crippen molar-refractivity contribution >= 4 is 27.5 Å². The van der Waals surface area contributed by atoms with Crippen LogP contribution in [0.1, 0.15) is 51.2 Å². The highest BCUT2D eigenvalue weighted by Gasteiger charge is 2.28. The first kappa shape index (κ1) is 28.4. The first-order valence-electron chi connectivity index (χ1n) is 12.2. The van der Waals surface area contributed by atoms with Gasteiger partial charge in [0.25, 0.3) is 0 Å². The maximum absolute atomic E-state index is 13.4. The second-order valence-corrected chi connectivity index (χ2v) is 11.3. The molecule has 1 atom stereocenters. The molecule has 35 heavy (non-hydrogen) atoms. The lowest BCUT2D eigenvalue weighted by atomic mass is 10.1. The summed E-state index contributed by atoms with van der Waals surface area (Å²) in [4.78, 5) is 28.0. The molecular weight excluding hydrogens is 462 g/mol. The zero-order valence-electron chi connectivity index (χ0n) is 21.5. The van der Waals surface area contributed by atoms with Gasteiger partial charge in [0.05, 0.1) is 11.9 Å². The molecule has 2 aromatic rings. The number of carbonyl (C=O) groups is 2. The number of hydrogen-bond acceptors (Lipinski definition) is 4. The average Bonchev–Trinajstić information content (AvgIpc) is 2.81. The van der Waals surface area contributed by atoms with E-state index in [9.17, 15) is 18.0 Å². The van der Waals surface area contributed by atoms with Gasteiger partial charge in [0.2, 0.25) is 21.8 Å². The standard InChI is InChI=1S/C27H39N3O4S/c1-6-25(27(32)28-19-21(2)3)29(20-23-11-8-7-9-12-23)26(31)13-10-18-30(35(5,33)34)24-16-14-22(4)15-17-24/h7-9,11-12,14-17,21,25H,6,10,13,18-20H2,1-5H3,(H,28,32)/t25-/m1/s1. The molecule has 0 bridgehead atoms. The maximum Gasteiger partial charge on any atom is 0.242 e. The van der Waals surface area contributed by atoms with E-state index in [-0.39, 0.29) is 24.8 Å². The summed E-state index contributed by atoms with van der Waals surface area (Å²) in [5.74, 6) is -0.0286. The van der Waals surface area contributed by atoms with Crippen LogP contribution in [0.3, 0.4) is 0 Å². The summed E-state index contributed by atoms with van der Waals surface area (Å²) >= 11 is 0. The van der Waals surface area contributed by atoms with Gasteiger partial charge in [-0.15, -0.1) is 0 Å². The highest BCUT2D eigenvalue weighted by atomic mass is 32.2. The monoisotopic (exact) mass is 501 g/mol. The van der Waals surface area contributed by atoms with Crippen molar-refractivity contribution in [3.05, 3.63) is 65.7 Å². The van der Waals surface area contributed by atoms with Crippen molar-refractivity contribution in [2.45, 2.75) is 59.5 Å². The molecule has 0 aliphatic carbocycles. The Kier molecular flexibility index (Phi) is 10.8. The topological polar surface area (TPSA) is 86.8 Å². The van der Waals surface area contributed by atoms with Crippen molar-refractivity contribution in [3.8, 4) is 0 Å². The van der Waals surface area contributed by atoms with Gasteiger partial charge >= 0.3 is 0 Å². The summed E-state index contributed by atoms with van der Waals surface area (Å²) in [5.41, 5.74) is 2.55. The minimum atomic E-state index is -3.50. The number of benzene rings is 2. The van der Waals surface area contributed by atoms with Gasteiger partial charge in [-0.1, -0.05) is 68.8 Å². The summed E-state index contributed by atoms with van der Waals surface area (Å²) in [6.45, 7) is 8.93. The van der Waals surface area contributed by atoms with Gasteiger partial charge in [0.1, 0.15) is 6.04 Å². The van der Waals surface area contributed by atoms with Crippen LogP contribution >= 0.6 is 0 Å². The van der Waals surface area contributed by atoms with Gasteiger partial charge < -0.3 is 10.2 Å². The lowest BCUT2D eigenvalue weighted by molar-refractivity contribution is -0.141. The second kappa shape index (κ2) is 13.3. The fourth-order valence-corrected chi connectivity index (χ4v) is 4.80. The van der Waals surface area contributed by atoms with Crippen molar-refractivity contribution in [3.63, 3.8) is 0 Å². The molecule has 0 aromatic heterocycles. The molecule has 0 saturated heterocycles. The van der Waals surface area contributed by atoms with Crippen LogP contribution in [0.5, 0.6) is 0 Å². The number of amides is 2. The molecule has 0 aliphatic heterocycles. The van der Waals surface area contributed by atoms with Crippen LogP contribution < -0.4 is 9.62 Å². The molecule has 1 N–H and O–H groups in total.